The Morgan fingerprint density at radius 3 is 2.93 bits per heavy atom. The number of nitrogens with zero attached hydrogens (tertiary/aromatic N) is 1. The molecule has 0 atom stereocenters. The Bertz CT molecular complexity index is 487. The van der Waals surface area contributed by atoms with Crippen LogP contribution in [-0.2, 0) is 4.74 Å². The van der Waals surface area contributed by atoms with Gasteiger partial charge >= 0.3 is 6.09 Å². The van der Waals surface area contributed by atoms with Crippen molar-refractivity contribution in [3.05, 3.63) is 30.3 Å². The van der Waals surface area contributed by atoms with Crippen LogP contribution >= 0.6 is 11.3 Å². The zero-order valence-corrected chi connectivity index (χ0v) is 8.79. The first-order chi connectivity index (χ1) is 7.34. The van der Waals surface area contributed by atoms with Crippen molar-refractivity contribution in [3.63, 3.8) is 0 Å². The third kappa shape index (κ3) is 1.37. The van der Waals surface area contributed by atoms with Crippen LogP contribution in [0.25, 0.3) is 10.1 Å². The number of ether oxygens (including phenoxy) is 1. The molecule has 2 aromatic rings. The Labute approximate surface area is 90.9 Å². The van der Waals surface area contributed by atoms with Gasteiger partial charge in [0.1, 0.15) is 11.6 Å². The van der Waals surface area contributed by atoms with Crippen molar-refractivity contribution in [2.75, 3.05) is 18.1 Å². The van der Waals surface area contributed by atoms with Gasteiger partial charge in [-0.15, -0.1) is 11.3 Å². The molecule has 4 heteroatoms. The smallest absolute Gasteiger partial charge is 0.415 e. The number of hydrogen-bond donors (Lipinski definition) is 0. The number of amides is 1. The molecule has 1 amide bonds. The van der Waals surface area contributed by atoms with Gasteiger partial charge in [0.2, 0.25) is 0 Å². The van der Waals surface area contributed by atoms with E-state index in [0.29, 0.717) is 13.2 Å². The normalized spacial score (nSPS) is 16.0. The molecule has 76 valence electrons. The Kier molecular flexibility index (Phi) is 1.89. The lowest BCUT2D eigenvalue weighted by Gasteiger charge is -2.07. The lowest BCUT2D eigenvalue weighted by Crippen LogP contribution is -2.21. The molecule has 0 spiro atoms. The lowest BCUT2D eigenvalue weighted by molar-refractivity contribution is 0.181. The van der Waals surface area contributed by atoms with Gasteiger partial charge in [-0.05, 0) is 17.5 Å². The second kappa shape index (κ2) is 3.24. The molecule has 0 saturated carbocycles. The monoisotopic (exact) mass is 219 g/mol. The molecule has 1 saturated heterocycles. The largest absolute Gasteiger partial charge is 0.447 e. The minimum Gasteiger partial charge on any atom is -0.447 e. The molecule has 0 aliphatic carbocycles. The van der Waals surface area contributed by atoms with Crippen LogP contribution in [0.3, 0.4) is 0 Å². The summed E-state index contributed by atoms with van der Waals surface area (Å²) in [5.41, 5.74) is 0. The van der Waals surface area contributed by atoms with Crippen LogP contribution < -0.4 is 4.90 Å². The van der Waals surface area contributed by atoms with Gasteiger partial charge in [-0.3, -0.25) is 4.90 Å². The van der Waals surface area contributed by atoms with Crippen LogP contribution in [0.4, 0.5) is 9.80 Å². The summed E-state index contributed by atoms with van der Waals surface area (Å²) in [6.45, 7) is 1.15. The van der Waals surface area contributed by atoms with E-state index in [9.17, 15) is 4.79 Å². The predicted molar refractivity (Wildman–Crippen MR) is 60.5 cm³/mol. The SMILES string of the molecule is O=C1OCCN1c1cc2ccccc2s1. The lowest BCUT2D eigenvalue weighted by atomic mass is 10.3. The van der Waals surface area contributed by atoms with E-state index in [2.05, 4.69) is 12.1 Å². The second-order valence-electron chi connectivity index (χ2n) is 3.39. The second-order valence-corrected chi connectivity index (χ2v) is 4.45. The summed E-state index contributed by atoms with van der Waals surface area (Å²) in [7, 11) is 0. The van der Waals surface area contributed by atoms with Crippen LogP contribution in [0.2, 0.25) is 0 Å². The van der Waals surface area contributed by atoms with Crippen LogP contribution in [0.1, 0.15) is 0 Å². The number of carbonyl (C=O) groups excluding carboxylic acids is 1. The van der Waals surface area contributed by atoms with Crippen molar-refractivity contribution in [1.29, 1.82) is 0 Å². The van der Waals surface area contributed by atoms with Crippen molar-refractivity contribution in [2.45, 2.75) is 0 Å². The highest BCUT2D eigenvalue weighted by Gasteiger charge is 2.24. The van der Waals surface area contributed by atoms with Gasteiger partial charge in [-0.25, -0.2) is 4.79 Å². The van der Waals surface area contributed by atoms with Crippen molar-refractivity contribution in [3.8, 4) is 0 Å². The number of cyclic esters (lactones) is 1. The zero-order valence-electron chi connectivity index (χ0n) is 7.97. The molecular formula is C11H9NO2S. The summed E-state index contributed by atoms with van der Waals surface area (Å²) in [5, 5.41) is 2.15. The van der Waals surface area contributed by atoms with Crippen LogP contribution in [-0.4, -0.2) is 19.2 Å². The molecule has 1 fully saturated rings. The van der Waals surface area contributed by atoms with Gasteiger partial charge in [0.05, 0.1) is 6.54 Å². The molecule has 1 aromatic carbocycles. The summed E-state index contributed by atoms with van der Waals surface area (Å²) in [6, 6.07) is 10.2. The third-order valence-corrected chi connectivity index (χ3v) is 3.58. The number of hydrogen-bond acceptors (Lipinski definition) is 3. The highest BCUT2D eigenvalue weighted by Crippen LogP contribution is 2.33. The van der Waals surface area contributed by atoms with E-state index in [1.165, 1.54) is 10.1 Å². The summed E-state index contributed by atoms with van der Waals surface area (Å²) in [5.74, 6) is 0. The summed E-state index contributed by atoms with van der Waals surface area (Å²) >= 11 is 1.62. The van der Waals surface area contributed by atoms with E-state index >= 15 is 0 Å². The topological polar surface area (TPSA) is 29.5 Å². The fourth-order valence-corrected chi connectivity index (χ4v) is 2.77. The number of fused-ring (bicyclic) bond motifs is 1. The van der Waals surface area contributed by atoms with Gasteiger partial charge in [0, 0.05) is 4.70 Å². The summed E-state index contributed by atoms with van der Waals surface area (Å²) in [6.07, 6.45) is -0.235. The van der Waals surface area contributed by atoms with Crippen LogP contribution in [0, 0.1) is 0 Å². The molecule has 1 aromatic heterocycles. The molecule has 3 nitrogen and oxygen atoms in total. The average molecular weight is 219 g/mol. The number of anilines is 1. The zero-order chi connectivity index (χ0) is 10.3. The quantitative estimate of drug-likeness (QED) is 0.738. The van der Waals surface area contributed by atoms with Gasteiger partial charge in [0.15, 0.2) is 0 Å². The first-order valence-electron chi connectivity index (χ1n) is 4.77. The molecule has 0 bridgehead atoms. The van der Waals surface area contributed by atoms with Crippen LogP contribution in [0.5, 0.6) is 0 Å². The Balaban J connectivity index is 2.08. The Morgan fingerprint density at radius 1 is 1.33 bits per heavy atom. The summed E-state index contributed by atoms with van der Waals surface area (Å²) < 4.78 is 6.11. The molecule has 0 radical (unpaired) electrons. The Morgan fingerprint density at radius 2 is 2.20 bits per heavy atom. The number of rotatable bonds is 1. The van der Waals surface area contributed by atoms with E-state index in [1.807, 2.05) is 18.2 Å². The van der Waals surface area contributed by atoms with Crippen molar-refractivity contribution in [1.82, 2.24) is 0 Å². The average Bonchev–Trinajstić information content (AvgIpc) is 2.82. The fraction of sp³-hybridized carbons (Fsp3) is 0.182. The fourth-order valence-electron chi connectivity index (χ4n) is 1.69. The maximum atomic E-state index is 11.4. The first-order valence-corrected chi connectivity index (χ1v) is 5.59. The van der Waals surface area contributed by atoms with Gasteiger partial charge in [-0.1, -0.05) is 18.2 Å². The maximum absolute atomic E-state index is 11.4. The molecule has 15 heavy (non-hydrogen) atoms. The van der Waals surface area contributed by atoms with Gasteiger partial charge in [0.25, 0.3) is 0 Å². The molecule has 1 aliphatic rings. The molecule has 0 N–H and O–H groups in total. The minimum atomic E-state index is -0.235. The van der Waals surface area contributed by atoms with Crippen LogP contribution in [0.15, 0.2) is 30.3 Å². The highest BCUT2D eigenvalue weighted by atomic mass is 32.1. The van der Waals surface area contributed by atoms with Crippen molar-refractivity contribution in [2.24, 2.45) is 0 Å². The number of benzene rings is 1. The molecule has 3 rings (SSSR count). The predicted octanol–water partition coefficient (Wildman–Crippen LogP) is 2.86. The van der Waals surface area contributed by atoms with E-state index < -0.39 is 0 Å². The van der Waals surface area contributed by atoms with Crippen molar-refractivity contribution < 1.29 is 9.53 Å². The number of thiophene rings is 1. The van der Waals surface area contributed by atoms with E-state index in [1.54, 1.807) is 16.2 Å². The van der Waals surface area contributed by atoms with E-state index in [-0.39, 0.29) is 6.09 Å². The van der Waals surface area contributed by atoms with Gasteiger partial charge in [-0.2, -0.15) is 0 Å². The van der Waals surface area contributed by atoms with Crippen molar-refractivity contribution >= 4 is 32.5 Å². The summed E-state index contributed by atoms with van der Waals surface area (Å²) in [4.78, 5) is 13.0. The molecular weight excluding hydrogens is 210 g/mol. The standard InChI is InChI=1S/C11H9NO2S/c13-11-12(5-6-14-11)10-7-8-3-1-2-4-9(8)15-10/h1-4,7H,5-6H2. The maximum Gasteiger partial charge on any atom is 0.415 e. The van der Waals surface area contributed by atoms with E-state index in [0.717, 1.165) is 5.00 Å². The van der Waals surface area contributed by atoms with E-state index in [4.69, 9.17) is 4.74 Å². The molecule has 0 unspecified atom stereocenters. The minimum absolute atomic E-state index is 0.235. The first kappa shape index (κ1) is 8.73. The highest BCUT2D eigenvalue weighted by molar-refractivity contribution is 7.23. The third-order valence-electron chi connectivity index (χ3n) is 2.44. The van der Waals surface area contributed by atoms with Gasteiger partial charge < -0.3 is 4.74 Å². The molecule has 2 heterocycles. The Hall–Kier alpha value is -1.55. The molecule has 1 aliphatic heterocycles. The number of carbonyl (C=O) groups is 1.